The first kappa shape index (κ1) is 23.0. The molecule has 0 aliphatic rings. The summed E-state index contributed by atoms with van der Waals surface area (Å²) in [6.07, 6.45) is 1.29. The van der Waals surface area contributed by atoms with Crippen LogP contribution in [0.5, 0.6) is 17.4 Å². The predicted octanol–water partition coefficient (Wildman–Crippen LogP) is 5.95. The quantitative estimate of drug-likeness (QED) is 0.336. The van der Waals surface area contributed by atoms with Crippen LogP contribution < -0.4 is 14.8 Å². The highest BCUT2D eigenvalue weighted by Crippen LogP contribution is 2.32. The second-order valence-corrected chi connectivity index (χ2v) is 7.67. The zero-order valence-corrected chi connectivity index (χ0v) is 19.1. The molecule has 0 atom stereocenters. The average Bonchev–Trinajstić information content (AvgIpc) is 3.20. The van der Waals surface area contributed by atoms with E-state index in [1.54, 1.807) is 23.9 Å². The zero-order valence-electron chi connectivity index (χ0n) is 19.1. The SMILES string of the molecule is CCc1nn(-c2ccc(OC)cc2)c(Oc2ccccc2)c1CCC(=O)Nc1cccc(F)c1. The Hall–Kier alpha value is -4.13. The second kappa shape index (κ2) is 10.7. The molecular formula is C27H26FN3O3. The molecule has 1 amide bonds. The van der Waals surface area contributed by atoms with Crippen LogP contribution in [0.2, 0.25) is 0 Å². The number of halogens is 1. The number of para-hydroxylation sites is 1. The molecule has 0 aliphatic heterocycles. The molecule has 0 spiro atoms. The van der Waals surface area contributed by atoms with Crippen LogP contribution in [0.3, 0.4) is 0 Å². The third-order valence-corrected chi connectivity index (χ3v) is 5.34. The number of aryl methyl sites for hydroxylation is 1. The van der Waals surface area contributed by atoms with E-state index in [9.17, 15) is 9.18 Å². The van der Waals surface area contributed by atoms with Crippen molar-refractivity contribution >= 4 is 11.6 Å². The van der Waals surface area contributed by atoms with Gasteiger partial charge in [0.25, 0.3) is 0 Å². The molecule has 0 unspecified atom stereocenters. The molecule has 174 valence electrons. The van der Waals surface area contributed by atoms with Crippen LogP contribution >= 0.6 is 0 Å². The van der Waals surface area contributed by atoms with E-state index in [0.717, 1.165) is 22.7 Å². The molecule has 3 aromatic carbocycles. The molecule has 0 bridgehead atoms. The van der Waals surface area contributed by atoms with Crippen LogP contribution in [-0.4, -0.2) is 22.8 Å². The number of amides is 1. The lowest BCUT2D eigenvalue weighted by Gasteiger charge is -2.12. The molecular weight excluding hydrogens is 433 g/mol. The van der Waals surface area contributed by atoms with Gasteiger partial charge >= 0.3 is 0 Å². The monoisotopic (exact) mass is 459 g/mol. The number of nitrogens with one attached hydrogen (secondary N) is 1. The summed E-state index contributed by atoms with van der Waals surface area (Å²) in [6.45, 7) is 2.02. The lowest BCUT2D eigenvalue weighted by Crippen LogP contribution is -2.13. The molecule has 0 saturated carbocycles. The number of aromatic nitrogens is 2. The maximum absolute atomic E-state index is 13.5. The number of benzene rings is 3. The van der Waals surface area contributed by atoms with Crippen molar-refractivity contribution in [2.75, 3.05) is 12.4 Å². The van der Waals surface area contributed by atoms with E-state index in [1.165, 1.54) is 12.1 Å². The molecule has 0 radical (unpaired) electrons. The fraction of sp³-hybridized carbons (Fsp3) is 0.185. The van der Waals surface area contributed by atoms with Gasteiger partial charge in [0.1, 0.15) is 17.3 Å². The minimum absolute atomic E-state index is 0.197. The van der Waals surface area contributed by atoms with Gasteiger partial charge in [0, 0.05) is 17.7 Å². The van der Waals surface area contributed by atoms with Gasteiger partial charge in [0.05, 0.1) is 18.5 Å². The fourth-order valence-corrected chi connectivity index (χ4v) is 3.64. The van der Waals surface area contributed by atoms with Crippen LogP contribution in [0, 0.1) is 5.82 Å². The van der Waals surface area contributed by atoms with Crippen molar-refractivity contribution in [3.8, 4) is 23.1 Å². The van der Waals surface area contributed by atoms with Crippen molar-refractivity contribution in [1.29, 1.82) is 0 Å². The van der Waals surface area contributed by atoms with Crippen molar-refractivity contribution < 1.29 is 18.7 Å². The van der Waals surface area contributed by atoms with Crippen LogP contribution in [0.15, 0.2) is 78.9 Å². The summed E-state index contributed by atoms with van der Waals surface area (Å²) in [4.78, 5) is 12.6. The number of methoxy groups -OCH3 is 1. The molecule has 0 aliphatic carbocycles. The number of anilines is 1. The Morgan fingerprint density at radius 3 is 2.44 bits per heavy atom. The van der Waals surface area contributed by atoms with E-state index in [0.29, 0.717) is 30.2 Å². The van der Waals surface area contributed by atoms with E-state index in [-0.39, 0.29) is 12.3 Å². The first-order valence-corrected chi connectivity index (χ1v) is 11.1. The maximum Gasteiger partial charge on any atom is 0.226 e. The lowest BCUT2D eigenvalue weighted by molar-refractivity contribution is -0.116. The Morgan fingerprint density at radius 1 is 1.00 bits per heavy atom. The lowest BCUT2D eigenvalue weighted by atomic mass is 10.1. The Labute approximate surface area is 198 Å². The number of carbonyl (C=O) groups is 1. The molecule has 0 fully saturated rings. The van der Waals surface area contributed by atoms with E-state index < -0.39 is 5.82 Å². The van der Waals surface area contributed by atoms with Gasteiger partial charge in [-0.25, -0.2) is 9.07 Å². The summed E-state index contributed by atoms with van der Waals surface area (Å²) >= 11 is 0. The second-order valence-electron chi connectivity index (χ2n) is 7.67. The summed E-state index contributed by atoms with van der Waals surface area (Å²) in [6, 6.07) is 22.8. The Bertz CT molecular complexity index is 1250. The number of nitrogens with zero attached hydrogens (tertiary/aromatic N) is 2. The smallest absolute Gasteiger partial charge is 0.226 e. The highest BCUT2D eigenvalue weighted by molar-refractivity contribution is 5.90. The third-order valence-electron chi connectivity index (χ3n) is 5.34. The van der Waals surface area contributed by atoms with Gasteiger partial charge in [0.2, 0.25) is 11.8 Å². The van der Waals surface area contributed by atoms with Gasteiger partial charge in [-0.3, -0.25) is 4.79 Å². The van der Waals surface area contributed by atoms with Crippen molar-refractivity contribution in [3.63, 3.8) is 0 Å². The van der Waals surface area contributed by atoms with Gasteiger partial charge in [0.15, 0.2) is 0 Å². The van der Waals surface area contributed by atoms with E-state index >= 15 is 0 Å². The van der Waals surface area contributed by atoms with Crippen LogP contribution in [0.4, 0.5) is 10.1 Å². The van der Waals surface area contributed by atoms with Crippen molar-refractivity contribution in [3.05, 3.63) is 95.9 Å². The number of ether oxygens (including phenoxy) is 2. The average molecular weight is 460 g/mol. The number of rotatable bonds is 9. The zero-order chi connectivity index (χ0) is 23.9. The highest BCUT2D eigenvalue weighted by atomic mass is 19.1. The predicted molar refractivity (Wildman–Crippen MR) is 129 cm³/mol. The summed E-state index contributed by atoms with van der Waals surface area (Å²) < 4.78 is 26.8. The Balaban J connectivity index is 1.64. The first-order valence-electron chi connectivity index (χ1n) is 11.1. The molecule has 6 nitrogen and oxygen atoms in total. The van der Waals surface area contributed by atoms with E-state index in [4.69, 9.17) is 14.6 Å². The normalized spacial score (nSPS) is 10.7. The van der Waals surface area contributed by atoms with Crippen LogP contribution in [0.1, 0.15) is 24.6 Å². The number of hydrogen-bond donors (Lipinski definition) is 1. The van der Waals surface area contributed by atoms with Crippen molar-refractivity contribution in [1.82, 2.24) is 9.78 Å². The van der Waals surface area contributed by atoms with Crippen LogP contribution in [-0.2, 0) is 17.6 Å². The minimum Gasteiger partial charge on any atom is -0.497 e. The summed E-state index contributed by atoms with van der Waals surface area (Å²) in [5, 5.41) is 7.54. The standard InChI is InChI=1S/C27H26FN3O3/c1-3-25-24(16-17-26(32)29-20-9-7-8-19(28)18-20)27(34-23-10-5-4-6-11-23)31(30-25)21-12-14-22(33-2)15-13-21/h4-15,18H,3,16-17H2,1-2H3,(H,29,32). The van der Waals surface area contributed by atoms with Crippen molar-refractivity contribution in [2.45, 2.75) is 26.2 Å². The molecule has 4 aromatic rings. The highest BCUT2D eigenvalue weighted by Gasteiger charge is 2.21. The first-order chi connectivity index (χ1) is 16.6. The molecule has 0 saturated heterocycles. The van der Waals surface area contributed by atoms with Gasteiger partial charge < -0.3 is 14.8 Å². The Kier molecular flexibility index (Phi) is 7.22. The maximum atomic E-state index is 13.5. The topological polar surface area (TPSA) is 65.4 Å². The number of hydrogen-bond acceptors (Lipinski definition) is 4. The largest absolute Gasteiger partial charge is 0.497 e. The molecule has 1 aromatic heterocycles. The van der Waals surface area contributed by atoms with E-state index in [1.807, 2.05) is 61.5 Å². The minimum atomic E-state index is -0.398. The molecule has 7 heteroatoms. The Morgan fingerprint density at radius 2 is 1.76 bits per heavy atom. The van der Waals surface area contributed by atoms with E-state index in [2.05, 4.69) is 5.32 Å². The van der Waals surface area contributed by atoms with Gasteiger partial charge in [-0.05, 0) is 67.4 Å². The molecule has 1 heterocycles. The summed E-state index contributed by atoms with van der Waals surface area (Å²) in [7, 11) is 1.62. The van der Waals surface area contributed by atoms with Gasteiger partial charge in [-0.15, -0.1) is 0 Å². The third kappa shape index (κ3) is 5.43. The van der Waals surface area contributed by atoms with Crippen LogP contribution in [0.25, 0.3) is 5.69 Å². The summed E-state index contributed by atoms with van der Waals surface area (Å²) in [5.41, 5.74) is 2.95. The summed E-state index contributed by atoms with van der Waals surface area (Å²) in [5.74, 6) is 1.37. The van der Waals surface area contributed by atoms with Gasteiger partial charge in [-0.2, -0.15) is 5.10 Å². The van der Waals surface area contributed by atoms with Crippen molar-refractivity contribution in [2.24, 2.45) is 0 Å². The molecule has 4 rings (SSSR count). The number of carbonyl (C=O) groups excluding carboxylic acids is 1. The fourth-order valence-electron chi connectivity index (χ4n) is 3.64. The molecule has 1 N–H and O–H groups in total. The van der Waals surface area contributed by atoms with Gasteiger partial charge in [-0.1, -0.05) is 31.2 Å². The molecule has 34 heavy (non-hydrogen) atoms.